The van der Waals surface area contributed by atoms with Crippen molar-refractivity contribution in [3.63, 3.8) is 0 Å². The molecule has 1 atom stereocenters. The Morgan fingerprint density at radius 2 is 1.87 bits per heavy atom. The minimum Gasteiger partial charge on any atom is -0.495 e. The number of para-hydroxylation sites is 2. The van der Waals surface area contributed by atoms with E-state index >= 15 is 0 Å². The molecule has 0 bridgehead atoms. The molecular formula is C23H25N3O4S. The number of nitriles is 1. The third-order valence-corrected chi connectivity index (χ3v) is 5.36. The Hall–Kier alpha value is -3.31. The summed E-state index contributed by atoms with van der Waals surface area (Å²) in [4.78, 5) is 14.4. The lowest BCUT2D eigenvalue weighted by atomic mass is 10.1. The van der Waals surface area contributed by atoms with Gasteiger partial charge in [-0.2, -0.15) is 5.26 Å². The maximum atomic E-state index is 12.6. The van der Waals surface area contributed by atoms with Gasteiger partial charge in [0.2, 0.25) is 0 Å². The van der Waals surface area contributed by atoms with Gasteiger partial charge in [-0.15, -0.1) is 12.6 Å². The molecular weight excluding hydrogens is 414 g/mol. The van der Waals surface area contributed by atoms with Crippen LogP contribution >= 0.6 is 12.6 Å². The van der Waals surface area contributed by atoms with E-state index in [9.17, 15) is 10.1 Å². The normalized spacial score (nSPS) is 15.9. The van der Waals surface area contributed by atoms with E-state index in [1.165, 1.54) is 0 Å². The number of ether oxygens (including phenoxy) is 3. The number of nitrogens with zero attached hydrogens (tertiary/aromatic N) is 2. The molecule has 0 fully saturated rings. The Bertz CT molecular complexity index is 1030. The average molecular weight is 440 g/mol. The molecule has 0 saturated heterocycles. The number of benzene rings is 2. The van der Waals surface area contributed by atoms with Crippen molar-refractivity contribution in [2.24, 2.45) is 0 Å². The van der Waals surface area contributed by atoms with E-state index in [0.29, 0.717) is 29.5 Å². The lowest BCUT2D eigenvalue weighted by Crippen LogP contribution is -2.46. The molecule has 31 heavy (non-hydrogen) atoms. The molecule has 1 aliphatic heterocycles. The third kappa shape index (κ3) is 4.57. The number of rotatable bonds is 8. The van der Waals surface area contributed by atoms with Gasteiger partial charge in [0.05, 0.1) is 31.5 Å². The van der Waals surface area contributed by atoms with E-state index in [1.54, 1.807) is 25.2 Å². The van der Waals surface area contributed by atoms with Crippen LogP contribution in [0.2, 0.25) is 0 Å². The molecule has 2 aromatic carbocycles. The second-order valence-electron chi connectivity index (χ2n) is 6.84. The Balaban J connectivity index is 2.09. The standard InChI is InChI=1S/C23H25N3O4S/c1-4-5-12-30-19-11-10-15(13-20(19)29-3)21-25-22(27)16(14-24)23(31)26(21)17-8-6-7-9-18(17)28-2/h6-11,13,21,31H,4-5,12H2,1-3H3,(H,25,27). The fraction of sp³-hybridized carbons (Fsp3) is 0.304. The van der Waals surface area contributed by atoms with Crippen molar-refractivity contribution in [3.8, 4) is 23.3 Å². The van der Waals surface area contributed by atoms with Gasteiger partial charge >= 0.3 is 0 Å². The van der Waals surface area contributed by atoms with Gasteiger partial charge in [0.15, 0.2) is 11.5 Å². The van der Waals surface area contributed by atoms with Crippen molar-refractivity contribution in [2.75, 3.05) is 25.7 Å². The molecule has 0 saturated carbocycles. The van der Waals surface area contributed by atoms with Crippen LogP contribution in [0.1, 0.15) is 31.5 Å². The maximum Gasteiger partial charge on any atom is 0.266 e. The monoisotopic (exact) mass is 439 g/mol. The van der Waals surface area contributed by atoms with Crippen molar-refractivity contribution >= 4 is 24.2 Å². The summed E-state index contributed by atoms with van der Waals surface area (Å²) in [5, 5.41) is 12.6. The zero-order valence-corrected chi connectivity index (χ0v) is 18.6. The molecule has 1 heterocycles. The van der Waals surface area contributed by atoms with Crippen LogP contribution in [0.5, 0.6) is 17.2 Å². The fourth-order valence-electron chi connectivity index (χ4n) is 3.32. The number of nitrogens with one attached hydrogen (secondary N) is 1. The van der Waals surface area contributed by atoms with Crippen LogP contribution in [0.3, 0.4) is 0 Å². The number of amides is 1. The van der Waals surface area contributed by atoms with Crippen LogP contribution in [0.4, 0.5) is 5.69 Å². The summed E-state index contributed by atoms with van der Waals surface area (Å²) in [7, 11) is 3.13. The third-order valence-electron chi connectivity index (χ3n) is 4.92. The first-order valence-electron chi connectivity index (χ1n) is 9.92. The van der Waals surface area contributed by atoms with E-state index < -0.39 is 12.1 Å². The first-order valence-corrected chi connectivity index (χ1v) is 10.4. The highest BCUT2D eigenvalue weighted by molar-refractivity contribution is 7.84. The molecule has 0 aliphatic carbocycles. The van der Waals surface area contributed by atoms with E-state index in [4.69, 9.17) is 14.2 Å². The van der Waals surface area contributed by atoms with Gasteiger partial charge in [-0.05, 0) is 36.2 Å². The number of unbranched alkanes of at least 4 members (excludes halogenated alkanes) is 1. The summed E-state index contributed by atoms with van der Waals surface area (Å²) >= 11 is 4.53. The summed E-state index contributed by atoms with van der Waals surface area (Å²) in [6.07, 6.45) is 1.34. The number of anilines is 1. The second-order valence-corrected chi connectivity index (χ2v) is 7.26. The lowest BCUT2D eigenvalue weighted by Gasteiger charge is -2.38. The SMILES string of the molecule is CCCCOc1ccc(C2NC(=O)C(C#N)=C(S)N2c2ccccc2OC)cc1OC. The largest absolute Gasteiger partial charge is 0.495 e. The van der Waals surface area contributed by atoms with E-state index in [0.717, 1.165) is 18.4 Å². The predicted molar refractivity (Wildman–Crippen MR) is 121 cm³/mol. The van der Waals surface area contributed by atoms with E-state index in [-0.39, 0.29) is 10.6 Å². The van der Waals surface area contributed by atoms with Gasteiger partial charge in [-0.1, -0.05) is 31.5 Å². The van der Waals surface area contributed by atoms with Crippen molar-refractivity contribution in [3.05, 3.63) is 58.6 Å². The first-order chi connectivity index (χ1) is 15.0. The molecule has 3 rings (SSSR count). The Morgan fingerprint density at radius 1 is 1.13 bits per heavy atom. The van der Waals surface area contributed by atoms with Gasteiger partial charge in [-0.3, -0.25) is 4.79 Å². The minimum atomic E-state index is -0.632. The van der Waals surface area contributed by atoms with Crippen LogP contribution in [-0.4, -0.2) is 26.7 Å². The van der Waals surface area contributed by atoms with Gasteiger partial charge in [-0.25, -0.2) is 0 Å². The molecule has 1 unspecified atom stereocenters. The van der Waals surface area contributed by atoms with Crippen LogP contribution in [0.15, 0.2) is 53.1 Å². The van der Waals surface area contributed by atoms with Gasteiger partial charge < -0.3 is 24.4 Å². The van der Waals surface area contributed by atoms with Crippen molar-refractivity contribution in [1.82, 2.24) is 5.32 Å². The minimum absolute atomic E-state index is 0.0722. The molecule has 8 heteroatoms. The number of thiol groups is 1. The van der Waals surface area contributed by atoms with Crippen molar-refractivity contribution in [2.45, 2.75) is 25.9 Å². The van der Waals surface area contributed by atoms with Crippen LogP contribution in [0.25, 0.3) is 0 Å². The highest BCUT2D eigenvalue weighted by atomic mass is 32.1. The molecule has 2 aromatic rings. The quantitative estimate of drug-likeness (QED) is 0.474. The topological polar surface area (TPSA) is 83.8 Å². The Labute approximate surface area is 187 Å². The number of methoxy groups -OCH3 is 2. The maximum absolute atomic E-state index is 12.6. The average Bonchev–Trinajstić information content (AvgIpc) is 2.79. The zero-order valence-electron chi connectivity index (χ0n) is 17.7. The number of hydrogen-bond donors (Lipinski definition) is 2. The van der Waals surface area contributed by atoms with E-state index in [2.05, 4.69) is 24.9 Å². The Morgan fingerprint density at radius 3 is 2.55 bits per heavy atom. The second kappa shape index (κ2) is 10.1. The number of carbonyl (C=O) groups excluding carboxylic acids is 1. The van der Waals surface area contributed by atoms with Crippen LogP contribution < -0.4 is 24.4 Å². The molecule has 1 aliphatic rings. The smallest absolute Gasteiger partial charge is 0.266 e. The van der Waals surface area contributed by atoms with Gasteiger partial charge in [0, 0.05) is 0 Å². The van der Waals surface area contributed by atoms with Crippen LogP contribution in [0, 0.1) is 11.3 Å². The summed E-state index contributed by atoms with van der Waals surface area (Å²) in [6.45, 7) is 2.69. The zero-order chi connectivity index (χ0) is 22.4. The lowest BCUT2D eigenvalue weighted by molar-refractivity contribution is -0.118. The molecule has 1 amide bonds. The molecule has 7 nitrogen and oxygen atoms in total. The van der Waals surface area contributed by atoms with Gasteiger partial charge in [0.25, 0.3) is 5.91 Å². The fourth-order valence-corrected chi connectivity index (χ4v) is 3.70. The number of carbonyl (C=O) groups is 1. The summed E-state index contributed by atoms with van der Waals surface area (Å²) in [5.74, 6) is 1.27. The summed E-state index contributed by atoms with van der Waals surface area (Å²) in [5.41, 5.74) is 1.33. The predicted octanol–water partition coefficient (Wildman–Crippen LogP) is 4.18. The first kappa shape index (κ1) is 22.4. The molecule has 0 spiro atoms. The van der Waals surface area contributed by atoms with E-state index in [1.807, 2.05) is 42.5 Å². The van der Waals surface area contributed by atoms with Crippen molar-refractivity contribution in [1.29, 1.82) is 5.26 Å². The van der Waals surface area contributed by atoms with Crippen LogP contribution in [-0.2, 0) is 4.79 Å². The summed E-state index contributed by atoms with van der Waals surface area (Å²) < 4.78 is 16.9. The number of hydrogen-bond acceptors (Lipinski definition) is 7. The van der Waals surface area contributed by atoms with Gasteiger partial charge in [0.1, 0.15) is 23.6 Å². The van der Waals surface area contributed by atoms with Crippen molar-refractivity contribution < 1.29 is 19.0 Å². The Kier molecular flexibility index (Phi) is 7.32. The highest BCUT2D eigenvalue weighted by Gasteiger charge is 2.35. The summed E-state index contributed by atoms with van der Waals surface area (Å²) in [6, 6.07) is 14.8. The molecule has 0 radical (unpaired) electrons. The molecule has 1 N–H and O–H groups in total. The highest BCUT2D eigenvalue weighted by Crippen LogP contribution is 2.41. The molecule has 162 valence electrons. The molecule has 0 aromatic heterocycles.